The SMILES string of the molecule is CS[C@@H](NCCC(O)(P(=O)(O)O)P(=O)(O)O)Nc1ccccc1. The number of thioether (sulfide) groups is 1. The molecule has 12 heteroatoms. The van der Waals surface area contributed by atoms with Gasteiger partial charge in [0.1, 0.15) is 5.50 Å². The average Bonchev–Trinajstić information content (AvgIpc) is 2.44. The minimum absolute atomic E-state index is 0.224. The van der Waals surface area contributed by atoms with Gasteiger partial charge in [0, 0.05) is 18.7 Å². The van der Waals surface area contributed by atoms with Gasteiger partial charge in [-0.05, 0) is 18.4 Å². The van der Waals surface area contributed by atoms with Gasteiger partial charge in [0.15, 0.2) is 0 Å². The van der Waals surface area contributed by atoms with Crippen molar-refractivity contribution in [2.24, 2.45) is 0 Å². The molecular weight excluding hydrogens is 366 g/mol. The van der Waals surface area contributed by atoms with E-state index in [1.54, 1.807) is 6.26 Å². The lowest BCUT2D eigenvalue weighted by Gasteiger charge is -2.30. The van der Waals surface area contributed by atoms with E-state index in [2.05, 4.69) is 10.6 Å². The molecule has 0 saturated heterocycles. The molecule has 0 amide bonds. The van der Waals surface area contributed by atoms with E-state index in [-0.39, 0.29) is 12.0 Å². The first-order valence-electron chi connectivity index (χ1n) is 6.43. The maximum atomic E-state index is 11.2. The summed E-state index contributed by atoms with van der Waals surface area (Å²) >= 11 is 1.34. The van der Waals surface area contributed by atoms with Crippen LogP contribution in [0.1, 0.15) is 6.42 Å². The normalized spacial score (nSPS) is 14.5. The van der Waals surface area contributed by atoms with Gasteiger partial charge in [-0.1, -0.05) is 18.2 Å². The lowest BCUT2D eigenvalue weighted by atomic mass is 10.3. The fourth-order valence-electron chi connectivity index (χ4n) is 1.71. The van der Waals surface area contributed by atoms with Crippen LogP contribution >= 0.6 is 27.0 Å². The number of aliphatic hydroxyl groups is 1. The van der Waals surface area contributed by atoms with Crippen molar-refractivity contribution in [3.8, 4) is 0 Å². The molecular formula is C11H20N2O7P2S. The molecule has 0 spiro atoms. The molecule has 0 radical (unpaired) electrons. The second-order valence-corrected chi connectivity index (χ2v) is 9.64. The number of anilines is 1. The predicted molar refractivity (Wildman–Crippen MR) is 89.0 cm³/mol. The lowest BCUT2D eigenvalue weighted by molar-refractivity contribution is 0.123. The Morgan fingerprint density at radius 1 is 1.13 bits per heavy atom. The summed E-state index contributed by atoms with van der Waals surface area (Å²) in [6.07, 6.45) is 0.959. The smallest absolute Gasteiger partial charge is 0.367 e. The van der Waals surface area contributed by atoms with Crippen molar-refractivity contribution in [3.05, 3.63) is 30.3 Å². The summed E-state index contributed by atoms with van der Waals surface area (Å²) in [7, 11) is -10.8. The molecule has 23 heavy (non-hydrogen) atoms. The molecule has 0 fully saturated rings. The molecule has 0 aromatic heterocycles. The summed E-state index contributed by atoms with van der Waals surface area (Å²) in [6, 6.07) is 9.10. The number of hydrogen-bond acceptors (Lipinski definition) is 6. The molecule has 7 N–H and O–H groups in total. The van der Waals surface area contributed by atoms with E-state index >= 15 is 0 Å². The standard InChI is InChI=1S/C11H20N2O7P2S/c1-23-10(13-9-5-3-2-4-6-9)12-8-7-11(14,21(15,16)17)22(18,19)20/h2-6,10,12-14H,7-8H2,1H3,(H2,15,16,17)(H2,18,19,20)/t10-/m0/s1. The zero-order valence-corrected chi connectivity index (χ0v) is 14.8. The topological polar surface area (TPSA) is 159 Å². The Hall–Kier alpha value is -0.410. The Morgan fingerprint density at radius 2 is 1.65 bits per heavy atom. The predicted octanol–water partition coefficient (Wildman–Crippen LogP) is 0.726. The van der Waals surface area contributed by atoms with Crippen LogP contribution in [0.5, 0.6) is 0 Å². The first-order valence-corrected chi connectivity index (χ1v) is 10.9. The van der Waals surface area contributed by atoms with E-state index in [1.165, 1.54) is 11.8 Å². The van der Waals surface area contributed by atoms with Gasteiger partial charge in [-0.2, -0.15) is 0 Å². The summed E-state index contributed by atoms with van der Waals surface area (Å²) in [5.74, 6) is 0. The highest BCUT2D eigenvalue weighted by molar-refractivity contribution is 7.99. The van der Waals surface area contributed by atoms with Crippen molar-refractivity contribution in [2.45, 2.75) is 17.0 Å². The van der Waals surface area contributed by atoms with Gasteiger partial charge in [-0.15, -0.1) is 11.8 Å². The van der Waals surface area contributed by atoms with Crippen molar-refractivity contribution >= 4 is 32.6 Å². The molecule has 0 aliphatic rings. The molecule has 1 aromatic carbocycles. The Morgan fingerprint density at radius 3 is 2.09 bits per heavy atom. The molecule has 9 nitrogen and oxygen atoms in total. The van der Waals surface area contributed by atoms with Crippen molar-refractivity contribution in [2.75, 3.05) is 18.1 Å². The number of hydrogen-bond donors (Lipinski definition) is 7. The summed E-state index contributed by atoms with van der Waals surface area (Å²) in [5, 5.41) is 12.3. The Labute approximate surface area is 137 Å². The number of nitrogens with one attached hydrogen (secondary N) is 2. The first-order chi connectivity index (χ1) is 10.5. The highest BCUT2D eigenvalue weighted by atomic mass is 32.2. The third-order valence-corrected chi connectivity index (χ3v) is 7.66. The zero-order valence-electron chi connectivity index (χ0n) is 12.2. The largest absolute Gasteiger partial charge is 0.369 e. The maximum Gasteiger partial charge on any atom is 0.369 e. The monoisotopic (exact) mass is 386 g/mol. The minimum atomic E-state index is -5.42. The summed E-state index contributed by atoms with van der Waals surface area (Å²) < 4.78 is 22.5. The second-order valence-electron chi connectivity index (χ2n) is 4.69. The van der Waals surface area contributed by atoms with E-state index in [9.17, 15) is 14.2 Å². The summed E-state index contributed by atoms with van der Waals surface area (Å²) in [5.41, 5.74) is 0.412. The van der Waals surface area contributed by atoms with Gasteiger partial charge in [0.25, 0.3) is 5.08 Å². The van der Waals surface area contributed by atoms with Gasteiger partial charge in [0.2, 0.25) is 0 Å². The van der Waals surface area contributed by atoms with Crippen molar-refractivity contribution < 1.29 is 33.8 Å². The Bertz CT molecular complexity index is 569. The molecule has 0 saturated carbocycles. The molecule has 0 aliphatic heterocycles. The third kappa shape index (κ3) is 5.56. The summed E-state index contributed by atoms with van der Waals surface area (Å²) in [6.45, 7) is -0.224. The molecule has 0 aliphatic carbocycles. The van der Waals surface area contributed by atoms with E-state index in [0.29, 0.717) is 0 Å². The van der Waals surface area contributed by atoms with Crippen LogP contribution < -0.4 is 10.6 Å². The molecule has 1 atom stereocenters. The summed E-state index contributed by atoms with van der Waals surface area (Å²) in [4.78, 5) is 36.2. The van der Waals surface area contributed by atoms with Gasteiger partial charge in [-0.3, -0.25) is 14.4 Å². The molecule has 0 heterocycles. The molecule has 132 valence electrons. The molecule has 0 unspecified atom stereocenters. The van der Waals surface area contributed by atoms with Crippen LogP contribution in [0.25, 0.3) is 0 Å². The van der Waals surface area contributed by atoms with Gasteiger partial charge in [0.05, 0.1) is 0 Å². The van der Waals surface area contributed by atoms with Gasteiger partial charge in [-0.25, -0.2) is 0 Å². The van der Waals surface area contributed by atoms with E-state index < -0.39 is 26.7 Å². The van der Waals surface area contributed by atoms with E-state index in [1.807, 2.05) is 30.3 Å². The lowest BCUT2D eigenvalue weighted by Crippen LogP contribution is -2.38. The number of benzene rings is 1. The van der Waals surface area contributed by atoms with Crippen molar-refractivity contribution in [1.29, 1.82) is 0 Å². The molecule has 0 bridgehead atoms. The van der Waals surface area contributed by atoms with Crippen molar-refractivity contribution in [3.63, 3.8) is 0 Å². The van der Waals surface area contributed by atoms with E-state index in [0.717, 1.165) is 5.69 Å². The quantitative estimate of drug-likeness (QED) is 0.238. The van der Waals surface area contributed by atoms with E-state index in [4.69, 9.17) is 19.6 Å². The second kappa shape index (κ2) is 8.11. The van der Waals surface area contributed by atoms with Crippen LogP contribution in [0.3, 0.4) is 0 Å². The van der Waals surface area contributed by atoms with Crippen LogP contribution in [0.15, 0.2) is 30.3 Å². The Kier molecular flexibility index (Phi) is 7.28. The fourth-order valence-corrected chi connectivity index (χ4v) is 4.41. The minimum Gasteiger partial charge on any atom is -0.367 e. The highest BCUT2D eigenvalue weighted by Gasteiger charge is 2.58. The first kappa shape index (κ1) is 20.6. The van der Waals surface area contributed by atoms with Gasteiger partial charge >= 0.3 is 15.2 Å². The van der Waals surface area contributed by atoms with Crippen LogP contribution in [-0.2, 0) is 9.13 Å². The fraction of sp³-hybridized carbons (Fsp3) is 0.455. The molecule has 1 aromatic rings. The number of para-hydroxylation sites is 1. The van der Waals surface area contributed by atoms with Gasteiger partial charge < -0.3 is 30.0 Å². The van der Waals surface area contributed by atoms with Crippen LogP contribution in [-0.4, -0.2) is 48.1 Å². The Balaban J connectivity index is 2.68. The molecule has 1 rings (SSSR count). The third-order valence-electron chi connectivity index (χ3n) is 3.03. The maximum absolute atomic E-state index is 11.2. The average molecular weight is 386 g/mol. The van der Waals surface area contributed by atoms with Crippen LogP contribution in [0.4, 0.5) is 5.69 Å². The highest BCUT2D eigenvalue weighted by Crippen LogP contribution is 2.68. The van der Waals surface area contributed by atoms with Crippen LogP contribution in [0.2, 0.25) is 0 Å². The van der Waals surface area contributed by atoms with Crippen molar-refractivity contribution in [1.82, 2.24) is 5.32 Å². The number of rotatable bonds is 9. The van der Waals surface area contributed by atoms with Crippen LogP contribution in [0, 0.1) is 0 Å². The zero-order chi connectivity index (χ0) is 17.7.